The first kappa shape index (κ1) is 19.9. The fourth-order valence-corrected chi connectivity index (χ4v) is 2.34. The van der Waals surface area contributed by atoms with Gasteiger partial charge in [0.2, 0.25) is 0 Å². The van der Waals surface area contributed by atoms with Gasteiger partial charge in [0.05, 0.1) is 7.11 Å². The molecule has 0 saturated heterocycles. The van der Waals surface area contributed by atoms with Crippen molar-refractivity contribution in [2.45, 2.75) is 6.36 Å². The van der Waals surface area contributed by atoms with Gasteiger partial charge in [-0.15, -0.1) is 13.2 Å². The van der Waals surface area contributed by atoms with Crippen molar-refractivity contribution in [3.63, 3.8) is 0 Å². The first-order valence-corrected chi connectivity index (χ1v) is 8.55. The van der Waals surface area contributed by atoms with Crippen molar-refractivity contribution in [1.29, 1.82) is 0 Å². The van der Waals surface area contributed by atoms with E-state index in [-0.39, 0.29) is 5.75 Å². The molecule has 2 nitrogen and oxygen atoms in total. The van der Waals surface area contributed by atoms with E-state index in [9.17, 15) is 13.2 Å². The Morgan fingerprint density at radius 3 is 1.17 bits per heavy atom. The Balaban J connectivity index is 1.65. The summed E-state index contributed by atoms with van der Waals surface area (Å²) in [6, 6.07) is 20.3. The van der Waals surface area contributed by atoms with Crippen LogP contribution in [0.5, 0.6) is 11.5 Å². The molecule has 0 spiro atoms. The summed E-state index contributed by atoms with van der Waals surface area (Å²) in [4.78, 5) is 0. The van der Waals surface area contributed by atoms with Crippen molar-refractivity contribution in [2.75, 3.05) is 7.11 Å². The van der Waals surface area contributed by atoms with Gasteiger partial charge < -0.3 is 9.47 Å². The molecule has 0 heterocycles. The molecule has 0 aromatic heterocycles. The molecule has 5 heteroatoms. The van der Waals surface area contributed by atoms with Crippen LogP contribution in [0.25, 0.3) is 0 Å². The second-order valence-electron chi connectivity index (χ2n) is 5.88. The summed E-state index contributed by atoms with van der Waals surface area (Å²) in [6.07, 6.45) is -4.70. The maximum Gasteiger partial charge on any atom is 0.573 e. The quantitative estimate of drug-likeness (QED) is 0.544. The van der Waals surface area contributed by atoms with Gasteiger partial charge in [0.25, 0.3) is 0 Å². The fraction of sp³-hybridized carbons (Fsp3) is 0.0833. The Bertz CT molecular complexity index is 1070. The van der Waals surface area contributed by atoms with Crippen LogP contribution in [0.4, 0.5) is 13.2 Å². The summed E-state index contributed by atoms with van der Waals surface area (Å²) < 4.78 is 45.4. The molecule has 0 aliphatic heterocycles. The van der Waals surface area contributed by atoms with Crippen molar-refractivity contribution in [2.24, 2.45) is 0 Å². The number of rotatable bonds is 2. The third kappa shape index (κ3) is 6.37. The van der Waals surface area contributed by atoms with E-state index in [0.717, 1.165) is 22.4 Å². The molecule has 0 fully saturated rings. The van der Waals surface area contributed by atoms with E-state index in [2.05, 4.69) is 28.4 Å². The Hall–Kier alpha value is -3.83. The highest BCUT2D eigenvalue weighted by molar-refractivity contribution is 5.48. The fourth-order valence-electron chi connectivity index (χ4n) is 2.34. The van der Waals surface area contributed by atoms with Gasteiger partial charge in [-0.25, -0.2) is 0 Å². The minimum Gasteiger partial charge on any atom is -0.497 e. The van der Waals surface area contributed by atoms with Gasteiger partial charge in [0.1, 0.15) is 11.5 Å². The summed E-state index contributed by atoms with van der Waals surface area (Å²) in [5, 5.41) is 0. The van der Waals surface area contributed by atoms with Gasteiger partial charge in [-0.2, -0.15) is 0 Å². The predicted octanol–water partition coefficient (Wildman–Crippen LogP) is 5.39. The van der Waals surface area contributed by atoms with Crippen LogP contribution in [0.1, 0.15) is 22.3 Å². The lowest BCUT2D eigenvalue weighted by molar-refractivity contribution is -0.274. The van der Waals surface area contributed by atoms with Crippen molar-refractivity contribution in [3.8, 4) is 35.2 Å². The number of methoxy groups -OCH3 is 1. The number of halogens is 3. The molecular formula is C24H15F3O2. The van der Waals surface area contributed by atoms with Gasteiger partial charge in [-0.05, 0) is 72.8 Å². The van der Waals surface area contributed by atoms with Gasteiger partial charge >= 0.3 is 6.36 Å². The van der Waals surface area contributed by atoms with Gasteiger partial charge in [0.15, 0.2) is 0 Å². The van der Waals surface area contributed by atoms with Crippen molar-refractivity contribution in [1.82, 2.24) is 0 Å². The molecule has 0 aliphatic rings. The third-order valence-corrected chi connectivity index (χ3v) is 3.77. The second kappa shape index (κ2) is 8.91. The lowest BCUT2D eigenvalue weighted by Crippen LogP contribution is -2.16. The highest BCUT2D eigenvalue weighted by Gasteiger charge is 2.30. The molecular weight excluding hydrogens is 377 g/mol. The lowest BCUT2D eigenvalue weighted by atomic mass is 10.1. The standard InChI is InChI=1S/C24H15F3O2/c1-28-22-14-10-20(11-15-22)8-6-18-2-4-19(5-3-18)7-9-21-12-16-23(17-13-21)29-24(25,26)27/h2-5,10-17H,1H3. The van der Waals surface area contributed by atoms with Crippen LogP contribution < -0.4 is 9.47 Å². The van der Waals surface area contributed by atoms with E-state index in [4.69, 9.17) is 4.74 Å². The van der Waals surface area contributed by atoms with Crippen LogP contribution in [0.2, 0.25) is 0 Å². The summed E-state index contributed by atoms with van der Waals surface area (Å²) in [5.74, 6) is 12.5. The van der Waals surface area contributed by atoms with Crippen molar-refractivity contribution >= 4 is 0 Å². The summed E-state index contributed by atoms with van der Waals surface area (Å²) in [5.41, 5.74) is 3.09. The van der Waals surface area contributed by atoms with E-state index >= 15 is 0 Å². The van der Waals surface area contributed by atoms with Gasteiger partial charge in [-0.3, -0.25) is 0 Å². The minimum atomic E-state index is -4.70. The SMILES string of the molecule is COc1ccc(C#Cc2ccc(C#Cc3ccc(OC(F)(F)F)cc3)cc2)cc1. The summed E-state index contributed by atoms with van der Waals surface area (Å²) in [7, 11) is 1.61. The number of ether oxygens (including phenoxy) is 2. The number of alkyl halides is 3. The van der Waals surface area contributed by atoms with Crippen molar-refractivity contribution < 1.29 is 22.6 Å². The topological polar surface area (TPSA) is 18.5 Å². The molecule has 144 valence electrons. The van der Waals surface area contributed by atoms with Crippen LogP contribution in [-0.2, 0) is 0 Å². The van der Waals surface area contributed by atoms with E-state index < -0.39 is 6.36 Å². The van der Waals surface area contributed by atoms with Crippen LogP contribution in [0.3, 0.4) is 0 Å². The maximum absolute atomic E-state index is 12.2. The summed E-state index contributed by atoms with van der Waals surface area (Å²) >= 11 is 0. The highest BCUT2D eigenvalue weighted by Crippen LogP contribution is 2.22. The van der Waals surface area contributed by atoms with E-state index in [0.29, 0.717) is 5.56 Å². The normalized spacial score (nSPS) is 10.2. The van der Waals surface area contributed by atoms with Gasteiger partial charge in [0, 0.05) is 22.3 Å². The number of benzene rings is 3. The molecule has 3 aromatic carbocycles. The molecule has 3 rings (SSSR count). The number of hydrogen-bond donors (Lipinski definition) is 0. The molecule has 0 bridgehead atoms. The molecule has 0 aliphatic carbocycles. The van der Waals surface area contributed by atoms with Crippen LogP contribution in [0.15, 0.2) is 72.8 Å². The smallest absolute Gasteiger partial charge is 0.497 e. The highest BCUT2D eigenvalue weighted by atomic mass is 19.4. The monoisotopic (exact) mass is 392 g/mol. The average molecular weight is 392 g/mol. The van der Waals surface area contributed by atoms with Crippen LogP contribution in [-0.4, -0.2) is 13.5 Å². The minimum absolute atomic E-state index is 0.275. The Labute approximate surface area is 166 Å². The molecule has 0 radical (unpaired) electrons. The second-order valence-corrected chi connectivity index (χ2v) is 5.88. The molecule has 0 amide bonds. The largest absolute Gasteiger partial charge is 0.573 e. The van der Waals surface area contributed by atoms with Crippen LogP contribution in [0, 0.1) is 23.7 Å². The van der Waals surface area contributed by atoms with Crippen molar-refractivity contribution in [3.05, 3.63) is 95.1 Å². The molecule has 0 N–H and O–H groups in total. The first-order valence-electron chi connectivity index (χ1n) is 8.55. The Kier molecular flexibility index (Phi) is 6.12. The Morgan fingerprint density at radius 1 is 0.552 bits per heavy atom. The third-order valence-electron chi connectivity index (χ3n) is 3.77. The summed E-state index contributed by atoms with van der Waals surface area (Å²) in [6.45, 7) is 0. The molecule has 0 unspecified atom stereocenters. The zero-order chi connectivity index (χ0) is 20.7. The molecule has 0 atom stereocenters. The average Bonchev–Trinajstić information content (AvgIpc) is 2.72. The van der Waals surface area contributed by atoms with Gasteiger partial charge in [-0.1, -0.05) is 23.7 Å². The van der Waals surface area contributed by atoms with E-state index in [1.54, 1.807) is 7.11 Å². The number of hydrogen-bond acceptors (Lipinski definition) is 2. The van der Waals surface area contributed by atoms with E-state index in [1.807, 2.05) is 48.5 Å². The first-order chi connectivity index (χ1) is 13.9. The molecule has 29 heavy (non-hydrogen) atoms. The zero-order valence-corrected chi connectivity index (χ0v) is 15.4. The molecule has 0 saturated carbocycles. The lowest BCUT2D eigenvalue weighted by Gasteiger charge is -2.07. The van der Waals surface area contributed by atoms with Crippen LogP contribution >= 0.6 is 0 Å². The van der Waals surface area contributed by atoms with E-state index in [1.165, 1.54) is 24.3 Å². The Morgan fingerprint density at radius 2 is 0.862 bits per heavy atom. The predicted molar refractivity (Wildman–Crippen MR) is 105 cm³/mol. The molecule has 3 aromatic rings. The maximum atomic E-state index is 12.2. The zero-order valence-electron chi connectivity index (χ0n) is 15.4.